The Labute approximate surface area is 83.6 Å². The van der Waals surface area contributed by atoms with Gasteiger partial charge in [-0.3, -0.25) is 0 Å². The smallest absolute Gasteiger partial charge is 0.0705 e. The minimum atomic E-state index is 0.105. The van der Waals surface area contributed by atoms with Gasteiger partial charge in [-0.15, -0.1) is 0 Å². The zero-order chi connectivity index (χ0) is 10.3. The summed E-state index contributed by atoms with van der Waals surface area (Å²) in [4.78, 5) is 3.33. The molecule has 1 heterocycles. The van der Waals surface area contributed by atoms with Crippen molar-refractivity contribution in [3.63, 3.8) is 0 Å². The van der Waals surface area contributed by atoms with Gasteiger partial charge in [-0.25, -0.2) is 0 Å². The molecule has 2 N–H and O–H groups in total. The van der Waals surface area contributed by atoms with E-state index < -0.39 is 0 Å². The first-order valence-corrected chi connectivity index (χ1v) is 4.83. The molecule has 14 heavy (non-hydrogen) atoms. The predicted molar refractivity (Wildman–Crippen MR) is 58.4 cm³/mol. The molecule has 2 heteroatoms. The Morgan fingerprint density at radius 2 is 1.93 bits per heavy atom. The molecule has 0 saturated carbocycles. The largest absolute Gasteiger partial charge is 0.392 e. The summed E-state index contributed by atoms with van der Waals surface area (Å²) in [6, 6.07) is 4.18. The van der Waals surface area contributed by atoms with Gasteiger partial charge < -0.3 is 10.1 Å². The standard InChI is InChI=1S/C12H15NO/c1-7-4-5-10-11(6-14)9(3)13-12(10)8(7)2/h4-5,13-14H,6H2,1-3H3. The number of aryl methyl sites for hydroxylation is 3. The van der Waals surface area contributed by atoms with Gasteiger partial charge in [-0.05, 0) is 31.9 Å². The molecule has 0 aliphatic carbocycles. The number of aliphatic hydroxyl groups is 1. The maximum atomic E-state index is 9.25. The lowest BCUT2D eigenvalue weighted by atomic mass is 10.0. The van der Waals surface area contributed by atoms with Crippen LogP contribution in [-0.4, -0.2) is 10.1 Å². The number of aromatic nitrogens is 1. The van der Waals surface area contributed by atoms with Crippen LogP contribution in [0.1, 0.15) is 22.4 Å². The van der Waals surface area contributed by atoms with Crippen LogP contribution in [0.5, 0.6) is 0 Å². The maximum absolute atomic E-state index is 9.25. The van der Waals surface area contributed by atoms with E-state index in [0.717, 1.165) is 22.2 Å². The van der Waals surface area contributed by atoms with E-state index in [4.69, 9.17) is 0 Å². The number of fused-ring (bicyclic) bond motifs is 1. The molecule has 0 atom stereocenters. The molecule has 0 bridgehead atoms. The normalized spacial score (nSPS) is 11.1. The number of hydrogen-bond acceptors (Lipinski definition) is 1. The van der Waals surface area contributed by atoms with Gasteiger partial charge in [0.05, 0.1) is 6.61 Å². The Hall–Kier alpha value is -1.28. The topological polar surface area (TPSA) is 36.0 Å². The molecule has 0 radical (unpaired) electrons. The van der Waals surface area contributed by atoms with Crippen molar-refractivity contribution in [3.8, 4) is 0 Å². The van der Waals surface area contributed by atoms with Gasteiger partial charge in [-0.2, -0.15) is 0 Å². The molecule has 1 aromatic carbocycles. The lowest BCUT2D eigenvalue weighted by Gasteiger charge is -2.01. The molecule has 1 aromatic heterocycles. The van der Waals surface area contributed by atoms with Crippen molar-refractivity contribution in [3.05, 3.63) is 34.5 Å². The monoisotopic (exact) mass is 189 g/mol. The molecule has 74 valence electrons. The number of benzene rings is 1. The molecule has 0 amide bonds. The number of rotatable bonds is 1. The maximum Gasteiger partial charge on any atom is 0.0705 e. The third kappa shape index (κ3) is 1.15. The third-order valence-corrected chi connectivity index (χ3v) is 2.98. The molecule has 0 fully saturated rings. The van der Waals surface area contributed by atoms with Crippen LogP contribution in [-0.2, 0) is 6.61 Å². The summed E-state index contributed by atoms with van der Waals surface area (Å²) in [5.74, 6) is 0. The Bertz CT molecular complexity index is 483. The van der Waals surface area contributed by atoms with Crippen LogP contribution in [0.2, 0.25) is 0 Å². The van der Waals surface area contributed by atoms with Crippen LogP contribution in [0.4, 0.5) is 0 Å². The first kappa shape index (κ1) is 9.28. The zero-order valence-corrected chi connectivity index (χ0v) is 8.81. The molecule has 2 rings (SSSR count). The van der Waals surface area contributed by atoms with E-state index in [1.807, 2.05) is 6.92 Å². The van der Waals surface area contributed by atoms with E-state index in [0.29, 0.717) is 0 Å². The highest BCUT2D eigenvalue weighted by Gasteiger charge is 2.09. The molecule has 0 unspecified atom stereocenters. The second-order valence-corrected chi connectivity index (χ2v) is 3.82. The molecule has 2 nitrogen and oxygen atoms in total. The van der Waals surface area contributed by atoms with E-state index in [9.17, 15) is 5.11 Å². The van der Waals surface area contributed by atoms with Crippen molar-refractivity contribution in [1.29, 1.82) is 0 Å². The first-order valence-electron chi connectivity index (χ1n) is 4.83. The number of aromatic amines is 1. The fraction of sp³-hybridized carbons (Fsp3) is 0.333. The van der Waals surface area contributed by atoms with Crippen LogP contribution in [0.3, 0.4) is 0 Å². The van der Waals surface area contributed by atoms with E-state index in [1.54, 1.807) is 0 Å². The van der Waals surface area contributed by atoms with Gasteiger partial charge in [-0.1, -0.05) is 12.1 Å². The summed E-state index contributed by atoms with van der Waals surface area (Å²) in [5.41, 5.74) is 5.79. The summed E-state index contributed by atoms with van der Waals surface area (Å²) in [6.07, 6.45) is 0. The van der Waals surface area contributed by atoms with E-state index in [1.165, 1.54) is 11.1 Å². The van der Waals surface area contributed by atoms with Crippen molar-refractivity contribution in [2.24, 2.45) is 0 Å². The lowest BCUT2D eigenvalue weighted by molar-refractivity contribution is 0.282. The fourth-order valence-corrected chi connectivity index (χ4v) is 1.90. The highest BCUT2D eigenvalue weighted by atomic mass is 16.3. The number of nitrogens with one attached hydrogen (secondary N) is 1. The highest BCUT2D eigenvalue weighted by Crippen LogP contribution is 2.26. The molecule has 2 aromatic rings. The fourth-order valence-electron chi connectivity index (χ4n) is 1.90. The molecular weight excluding hydrogens is 174 g/mol. The molecular formula is C12H15NO. The van der Waals surface area contributed by atoms with Gasteiger partial charge in [0.25, 0.3) is 0 Å². The summed E-state index contributed by atoms with van der Waals surface area (Å²) in [7, 11) is 0. The van der Waals surface area contributed by atoms with Gasteiger partial charge in [0.2, 0.25) is 0 Å². The summed E-state index contributed by atoms with van der Waals surface area (Å²) in [6.45, 7) is 6.31. The number of hydrogen-bond donors (Lipinski definition) is 2. The van der Waals surface area contributed by atoms with E-state index in [2.05, 4.69) is 31.0 Å². The van der Waals surface area contributed by atoms with Crippen molar-refractivity contribution < 1.29 is 5.11 Å². The van der Waals surface area contributed by atoms with Gasteiger partial charge in [0, 0.05) is 22.2 Å². The van der Waals surface area contributed by atoms with Gasteiger partial charge >= 0.3 is 0 Å². The minimum Gasteiger partial charge on any atom is -0.392 e. The first-order chi connectivity index (χ1) is 6.65. The van der Waals surface area contributed by atoms with Gasteiger partial charge in [0.1, 0.15) is 0 Å². The Morgan fingerprint density at radius 3 is 2.57 bits per heavy atom. The van der Waals surface area contributed by atoms with Gasteiger partial charge in [0.15, 0.2) is 0 Å². The van der Waals surface area contributed by atoms with E-state index in [-0.39, 0.29) is 6.61 Å². The molecule has 0 saturated heterocycles. The number of H-pyrrole nitrogens is 1. The highest BCUT2D eigenvalue weighted by molar-refractivity contribution is 5.87. The number of aliphatic hydroxyl groups excluding tert-OH is 1. The zero-order valence-electron chi connectivity index (χ0n) is 8.81. The Morgan fingerprint density at radius 1 is 1.21 bits per heavy atom. The summed E-state index contributed by atoms with van der Waals surface area (Å²) in [5, 5.41) is 10.4. The van der Waals surface area contributed by atoms with Crippen molar-refractivity contribution in [2.75, 3.05) is 0 Å². The lowest BCUT2D eigenvalue weighted by Crippen LogP contribution is -1.84. The van der Waals surface area contributed by atoms with Crippen LogP contribution >= 0.6 is 0 Å². The van der Waals surface area contributed by atoms with Crippen LogP contribution in [0.15, 0.2) is 12.1 Å². The predicted octanol–water partition coefficient (Wildman–Crippen LogP) is 2.59. The van der Waals surface area contributed by atoms with Crippen molar-refractivity contribution >= 4 is 10.9 Å². The SMILES string of the molecule is Cc1ccc2c(CO)c(C)[nH]c2c1C. The van der Waals surface area contributed by atoms with Crippen molar-refractivity contribution in [1.82, 2.24) is 4.98 Å². The van der Waals surface area contributed by atoms with Crippen LogP contribution < -0.4 is 0 Å². The molecule has 0 aliphatic heterocycles. The Kier molecular flexibility index (Phi) is 2.08. The van der Waals surface area contributed by atoms with Crippen LogP contribution in [0.25, 0.3) is 10.9 Å². The second kappa shape index (κ2) is 3.14. The Balaban J connectivity index is 2.87. The van der Waals surface area contributed by atoms with Crippen molar-refractivity contribution in [2.45, 2.75) is 27.4 Å². The second-order valence-electron chi connectivity index (χ2n) is 3.82. The van der Waals surface area contributed by atoms with E-state index >= 15 is 0 Å². The minimum absolute atomic E-state index is 0.105. The molecule has 0 spiro atoms. The van der Waals surface area contributed by atoms with Crippen LogP contribution in [0, 0.1) is 20.8 Å². The molecule has 0 aliphatic rings. The summed E-state index contributed by atoms with van der Waals surface area (Å²) >= 11 is 0. The third-order valence-electron chi connectivity index (χ3n) is 2.98. The summed E-state index contributed by atoms with van der Waals surface area (Å²) < 4.78 is 0. The quantitative estimate of drug-likeness (QED) is 0.710. The average Bonchev–Trinajstić information content (AvgIpc) is 2.49. The average molecular weight is 189 g/mol.